The van der Waals surface area contributed by atoms with Crippen molar-refractivity contribution in [1.29, 1.82) is 0 Å². The lowest BCUT2D eigenvalue weighted by Gasteiger charge is -2.05. The predicted octanol–water partition coefficient (Wildman–Crippen LogP) is 3.97. The van der Waals surface area contributed by atoms with Crippen LogP contribution < -0.4 is 0 Å². The van der Waals surface area contributed by atoms with Crippen LogP contribution in [0.4, 0.5) is 13.2 Å². The Hall–Kier alpha value is -2.76. The van der Waals surface area contributed by atoms with E-state index in [1.54, 1.807) is 0 Å². The average molecular weight is 304 g/mol. The monoisotopic (exact) mass is 304 g/mol. The van der Waals surface area contributed by atoms with Gasteiger partial charge in [-0.3, -0.25) is 0 Å². The van der Waals surface area contributed by atoms with Crippen molar-refractivity contribution in [2.24, 2.45) is 0 Å². The highest BCUT2D eigenvalue weighted by molar-refractivity contribution is 5.63. The molecule has 22 heavy (non-hydrogen) atoms. The molecule has 0 aliphatic heterocycles. The summed E-state index contributed by atoms with van der Waals surface area (Å²) in [6, 6.07) is 6.22. The van der Waals surface area contributed by atoms with Gasteiger partial charge in [-0.15, -0.1) is 0 Å². The van der Waals surface area contributed by atoms with Crippen LogP contribution in [0.3, 0.4) is 0 Å². The number of nitrogens with zero attached hydrogens (tertiary/aromatic N) is 2. The molecule has 3 rings (SSSR count). The number of hydrogen-bond donors (Lipinski definition) is 1. The van der Waals surface area contributed by atoms with Crippen molar-refractivity contribution in [3.05, 3.63) is 65.9 Å². The fourth-order valence-electron chi connectivity index (χ4n) is 2.12. The van der Waals surface area contributed by atoms with Gasteiger partial charge in [0.2, 0.25) is 0 Å². The lowest BCUT2D eigenvalue weighted by Crippen LogP contribution is -1.93. The minimum atomic E-state index is -0.973. The van der Waals surface area contributed by atoms with Crippen molar-refractivity contribution < 1.29 is 18.3 Å². The van der Waals surface area contributed by atoms with Gasteiger partial charge in [0.15, 0.2) is 11.6 Å². The summed E-state index contributed by atoms with van der Waals surface area (Å²) in [5.74, 6) is -2.62. The molecule has 0 amide bonds. The third kappa shape index (κ3) is 2.32. The third-order valence-electron chi connectivity index (χ3n) is 3.42. The molecule has 1 heterocycles. The summed E-state index contributed by atoms with van der Waals surface area (Å²) in [5, 5.41) is 9.47. The minimum Gasteiger partial charge on any atom is -0.508 e. The Morgan fingerprint density at radius 3 is 2.55 bits per heavy atom. The molecular formula is C16H11F3N2O. The van der Waals surface area contributed by atoms with Crippen LogP contribution in [0.1, 0.15) is 5.56 Å². The number of imidazole rings is 1. The van der Waals surface area contributed by atoms with Crippen molar-refractivity contribution in [1.82, 2.24) is 9.55 Å². The number of aromatic nitrogens is 2. The number of phenolic OH excluding ortho intramolecular Hbond substituents is 1. The maximum Gasteiger partial charge on any atom is 0.160 e. The van der Waals surface area contributed by atoms with Gasteiger partial charge in [-0.25, -0.2) is 18.2 Å². The van der Waals surface area contributed by atoms with Crippen LogP contribution >= 0.6 is 0 Å². The largest absolute Gasteiger partial charge is 0.508 e. The first-order valence-electron chi connectivity index (χ1n) is 6.45. The maximum atomic E-state index is 14.2. The molecule has 112 valence electrons. The molecular weight excluding hydrogens is 293 g/mol. The van der Waals surface area contributed by atoms with Crippen molar-refractivity contribution in [2.75, 3.05) is 0 Å². The molecule has 0 spiro atoms. The van der Waals surface area contributed by atoms with Gasteiger partial charge in [0, 0.05) is 29.1 Å². The van der Waals surface area contributed by atoms with Crippen LogP contribution in [-0.4, -0.2) is 14.7 Å². The normalized spacial score (nSPS) is 10.9. The minimum absolute atomic E-state index is 0.125. The third-order valence-corrected chi connectivity index (χ3v) is 3.42. The number of aromatic hydroxyl groups is 1. The number of hydrogen-bond acceptors (Lipinski definition) is 2. The molecule has 0 saturated carbocycles. The molecule has 0 fully saturated rings. The molecule has 0 atom stereocenters. The van der Waals surface area contributed by atoms with Crippen LogP contribution in [0.25, 0.3) is 16.9 Å². The zero-order valence-electron chi connectivity index (χ0n) is 11.5. The van der Waals surface area contributed by atoms with Gasteiger partial charge in [0.25, 0.3) is 0 Å². The lowest BCUT2D eigenvalue weighted by atomic mass is 10.1. The smallest absolute Gasteiger partial charge is 0.160 e. The van der Waals surface area contributed by atoms with Crippen molar-refractivity contribution in [2.45, 2.75) is 6.92 Å². The Labute approximate surface area is 124 Å². The fraction of sp³-hybridized carbons (Fsp3) is 0.0625. The molecule has 0 bridgehead atoms. The van der Waals surface area contributed by atoms with E-state index in [1.165, 1.54) is 42.2 Å². The Bertz CT molecular complexity index is 859. The average Bonchev–Trinajstić information content (AvgIpc) is 2.97. The van der Waals surface area contributed by atoms with E-state index in [-0.39, 0.29) is 16.9 Å². The van der Waals surface area contributed by atoms with Gasteiger partial charge >= 0.3 is 0 Å². The van der Waals surface area contributed by atoms with Gasteiger partial charge in [-0.2, -0.15) is 0 Å². The molecule has 3 aromatic rings. The number of phenols is 1. The van der Waals surface area contributed by atoms with Crippen LogP contribution in [0.15, 0.2) is 42.9 Å². The van der Waals surface area contributed by atoms with Gasteiger partial charge in [-0.05, 0) is 31.2 Å². The second-order valence-corrected chi connectivity index (χ2v) is 4.84. The van der Waals surface area contributed by atoms with Crippen LogP contribution in [-0.2, 0) is 0 Å². The molecule has 6 heteroatoms. The van der Waals surface area contributed by atoms with Crippen LogP contribution in [0, 0.1) is 24.4 Å². The predicted molar refractivity (Wildman–Crippen MR) is 75.3 cm³/mol. The van der Waals surface area contributed by atoms with Crippen molar-refractivity contribution in [3.8, 4) is 22.7 Å². The first kappa shape index (κ1) is 14.2. The Morgan fingerprint density at radius 2 is 1.82 bits per heavy atom. The van der Waals surface area contributed by atoms with E-state index in [0.29, 0.717) is 11.4 Å². The highest BCUT2D eigenvalue weighted by Crippen LogP contribution is 2.29. The fourth-order valence-corrected chi connectivity index (χ4v) is 2.12. The highest BCUT2D eigenvalue weighted by Gasteiger charge is 2.14. The van der Waals surface area contributed by atoms with Gasteiger partial charge in [0.1, 0.15) is 11.6 Å². The molecule has 0 unspecified atom stereocenters. The topological polar surface area (TPSA) is 38.0 Å². The first-order chi connectivity index (χ1) is 10.5. The number of rotatable bonds is 2. The molecule has 2 aromatic carbocycles. The van der Waals surface area contributed by atoms with E-state index < -0.39 is 17.5 Å². The van der Waals surface area contributed by atoms with E-state index in [0.717, 1.165) is 12.1 Å². The summed E-state index contributed by atoms with van der Waals surface area (Å²) >= 11 is 0. The molecule has 0 aliphatic carbocycles. The van der Waals surface area contributed by atoms with E-state index in [9.17, 15) is 18.3 Å². The molecule has 1 aromatic heterocycles. The number of halogens is 3. The molecule has 0 aliphatic rings. The highest BCUT2D eigenvalue weighted by atomic mass is 19.2. The van der Waals surface area contributed by atoms with Crippen molar-refractivity contribution >= 4 is 0 Å². The van der Waals surface area contributed by atoms with Gasteiger partial charge in [-0.1, -0.05) is 0 Å². The second-order valence-electron chi connectivity index (χ2n) is 4.84. The SMILES string of the molecule is Cc1c(O)ccc(-c2cn(-c3ccc(F)c(F)c3)cn2)c1F. The van der Waals surface area contributed by atoms with Gasteiger partial charge in [0.05, 0.1) is 12.0 Å². The van der Waals surface area contributed by atoms with Crippen molar-refractivity contribution in [3.63, 3.8) is 0 Å². The Morgan fingerprint density at radius 1 is 1.05 bits per heavy atom. The summed E-state index contributed by atoms with van der Waals surface area (Å²) in [6.45, 7) is 1.46. The summed E-state index contributed by atoms with van der Waals surface area (Å²) < 4.78 is 41.8. The van der Waals surface area contributed by atoms with E-state index in [4.69, 9.17) is 0 Å². The molecule has 3 nitrogen and oxygen atoms in total. The van der Waals surface area contributed by atoms with E-state index in [1.807, 2.05) is 0 Å². The first-order valence-corrected chi connectivity index (χ1v) is 6.45. The van der Waals surface area contributed by atoms with E-state index >= 15 is 0 Å². The Balaban J connectivity index is 2.04. The quantitative estimate of drug-likeness (QED) is 0.778. The molecule has 0 radical (unpaired) electrons. The number of benzene rings is 2. The molecule has 0 saturated heterocycles. The maximum absolute atomic E-state index is 14.2. The summed E-state index contributed by atoms with van der Waals surface area (Å²) in [4.78, 5) is 4.07. The zero-order valence-corrected chi connectivity index (χ0v) is 11.5. The lowest BCUT2D eigenvalue weighted by molar-refractivity contribution is 0.463. The second kappa shape index (κ2) is 5.22. The summed E-state index contributed by atoms with van der Waals surface area (Å²) in [5.41, 5.74) is 1.04. The summed E-state index contributed by atoms with van der Waals surface area (Å²) in [7, 11) is 0. The van der Waals surface area contributed by atoms with Gasteiger partial charge < -0.3 is 9.67 Å². The van der Waals surface area contributed by atoms with E-state index in [2.05, 4.69) is 4.98 Å². The summed E-state index contributed by atoms with van der Waals surface area (Å²) in [6.07, 6.45) is 2.88. The Kier molecular flexibility index (Phi) is 3.36. The zero-order chi connectivity index (χ0) is 15.9. The van der Waals surface area contributed by atoms with Crippen LogP contribution in [0.2, 0.25) is 0 Å². The standard InChI is InChI=1S/C16H11F3N2O/c1-9-15(22)5-3-11(16(9)19)14-7-21(8-20-14)10-2-4-12(17)13(18)6-10/h2-8,22H,1H3. The molecule has 1 N–H and O–H groups in total. The van der Waals surface area contributed by atoms with Crippen LogP contribution in [0.5, 0.6) is 5.75 Å².